The average Bonchev–Trinajstić information content (AvgIpc) is 3.23. The van der Waals surface area contributed by atoms with E-state index in [9.17, 15) is 4.79 Å². The zero-order valence-corrected chi connectivity index (χ0v) is 16.4. The highest BCUT2D eigenvalue weighted by Crippen LogP contribution is 2.36. The molecule has 4 rings (SSSR count). The van der Waals surface area contributed by atoms with Gasteiger partial charge in [0.05, 0.1) is 19.1 Å². The van der Waals surface area contributed by atoms with Crippen LogP contribution in [-0.2, 0) is 11.3 Å². The zero-order valence-electron chi connectivity index (χ0n) is 16.4. The molecule has 0 radical (unpaired) electrons. The molecule has 144 valence electrons. The van der Waals surface area contributed by atoms with Crippen molar-refractivity contribution >= 4 is 5.91 Å². The SMILES string of the molecule is CCC(C(=O)N1CCn2cccc2C1c1cccc(OC)c1)c1ccccc1. The van der Waals surface area contributed by atoms with E-state index in [1.165, 1.54) is 0 Å². The maximum Gasteiger partial charge on any atom is 0.230 e. The largest absolute Gasteiger partial charge is 0.497 e. The molecule has 1 aromatic heterocycles. The number of nitrogens with zero attached hydrogens (tertiary/aromatic N) is 2. The third kappa shape index (κ3) is 3.31. The van der Waals surface area contributed by atoms with Crippen molar-refractivity contribution < 1.29 is 9.53 Å². The molecule has 4 heteroatoms. The molecule has 1 aliphatic heterocycles. The fourth-order valence-corrected chi connectivity index (χ4v) is 4.22. The van der Waals surface area contributed by atoms with Gasteiger partial charge in [-0.3, -0.25) is 4.79 Å². The lowest BCUT2D eigenvalue weighted by Gasteiger charge is -2.39. The van der Waals surface area contributed by atoms with Gasteiger partial charge in [0.2, 0.25) is 5.91 Å². The number of aromatic nitrogens is 1. The number of benzene rings is 2. The Hall–Kier alpha value is -3.01. The minimum atomic E-state index is -0.129. The van der Waals surface area contributed by atoms with Crippen LogP contribution in [0.2, 0.25) is 0 Å². The molecule has 0 fully saturated rings. The van der Waals surface area contributed by atoms with Gasteiger partial charge in [-0.05, 0) is 41.8 Å². The highest BCUT2D eigenvalue weighted by Gasteiger charge is 2.35. The third-order valence-corrected chi connectivity index (χ3v) is 5.64. The van der Waals surface area contributed by atoms with Crippen LogP contribution < -0.4 is 4.74 Å². The second-order valence-corrected chi connectivity index (χ2v) is 7.21. The Kier molecular flexibility index (Phi) is 5.20. The van der Waals surface area contributed by atoms with Gasteiger partial charge in [-0.15, -0.1) is 0 Å². The minimum absolute atomic E-state index is 0.107. The Morgan fingerprint density at radius 3 is 2.64 bits per heavy atom. The Morgan fingerprint density at radius 2 is 1.89 bits per heavy atom. The van der Waals surface area contributed by atoms with Gasteiger partial charge >= 0.3 is 0 Å². The van der Waals surface area contributed by atoms with Gasteiger partial charge in [0.15, 0.2) is 0 Å². The van der Waals surface area contributed by atoms with Crippen LogP contribution in [0, 0.1) is 0 Å². The minimum Gasteiger partial charge on any atom is -0.497 e. The van der Waals surface area contributed by atoms with E-state index in [0.29, 0.717) is 6.54 Å². The second-order valence-electron chi connectivity index (χ2n) is 7.21. The van der Waals surface area contributed by atoms with E-state index in [4.69, 9.17) is 4.74 Å². The molecule has 28 heavy (non-hydrogen) atoms. The highest BCUT2D eigenvalue weighted by molar-refractivity contribution is 5.84. The predicted octanol–water partition coefficient (Wildman–Crippen LogP) is 4.62. The van der Waals surface area contributed by atoms with E-state index in [1.54, 1.807) is 7.11 Å². The summed E-state index contributed by atoms with van der Waals surface area (Å²) in [6.45, 7) is 3.61. The fraction of sp³-hybridized carbons (Fsp3) is 0.292. The molecular weight excluding hydrogens is 348 g/mol. The topological polar surface area (TPSA) is 34.5 Å². The van der Waals surface area contributed by atoms with Crippen LogP contribution in [0.5, 0.6) is 5.75 Å². The second kappa shape index (κ2) is 7.93. The summed E-state index contributed by atoms with van der Waals surface area (Å²) in [5, 5.41) is 0. The van der Waals surface area contributed by atoms with E-state index in [-0.39, 0.29) is 17.9 Å². The van der Waals surface area contributed by atoms with E-state index in [2.05, 4.69) is 48.0 Å². The normalized spacial score (nSPS) is 17.1. The number of methoxy groups -OCH3 is 1. The first kappa shape index (κ1) is 18.4. The molecule has 4 nitrogen and oxygen atoms in total. The van der Waals surface area contributed by atoms with Crippen molar-refractivity contribution in [2.75, 3.05) is 13.7 Å². The van der Waals surface area contributed by atoms with Gasteiger partial charge < -0.3 is 14.2 Å². The zero-order chi connectivity index (χ0) is 19.5. The van der Waals surface area contributed by atoms with Crippen LogP contribution in [-0.4, -0.2) is 29.0 Å². The Labute approximate surface area is 166 Å². The number of fused-ring (bicyclic) bond motifs is 1. The number of hydrogen-bond donors (Lipinski definition) is 0. The number of carbonyl (C=O) groups excluding carboxylic acids is 1. The molecule has 2 heterocycles. The molecule has 0 bridgehead atoms. The molecule has 0 saturated carbocycles. The first-order chi connectivity index (χ1) is 13.7. The summed E-state index contributed by atoms with van der Waals surface area (Å²) >= 11 is 0. The fourth-order valence-electron chi connectivity index (χ4n) is 4.22. The highest BCUT2D eigenvalue weighted by atomic mass is 16.5. The van der Waals surface area contributed by atoms with Crippen molar-refractivity contribution in [2.45, 2.75) is 31.8 Å². The molecule has 0 saturated heterocycles. The van der Waals surface area contributed by atoms with Gasteiger partial charge in [0, 0.05) is 25.0 Å². The van der Waals surface area contributed by atoms with Crippen molar-refractivity contribution in [1.82, 2.24) is 9.47 Å². The molecular formula is C24H26N2O2. The lowest BCUT2D eigenvalue weighted by Crippen LogP contribution is -2.44. The van der Waals surface area contributed by atoms with E-state index >= 15 is 0 Å². The molecule has 2 unspecified atom stereocenters. The Morgan fingerprint density at radius 1 is 1.07 bits per heavy atom. The number of carbonyl (C=O) groups is 1. The molecule has 0 spiro atoms. The summed E-state index contributed by atoms with van der Waals surface area (Å²) in [6.07, 6.45) is 2.88. The molecule has 1 aliphatic rings. The molecule has 0 aliphatic carbocycles. The smallest absolute Gasteiger partial charge is 0.230 e. The maximum absolute atomic E-state index is 13.7. The van der Waals surface area contributed by atoms with Crippen molar-refractivity contribution in [3.05, 3.63) is 89.7 Å². The molecule has 1 amide bonds. The maximum atomic E-state index is 13.7. The Balaban J connectivity index is 1.75. The van der Waals surface area contributed by atoms with Crippen molar-refractivity contribution in [1.29, 1.82) is 0 Å². The summed E-state index contributed by atoms with van der Waals surface area (Å²) in [4.78, 5) is 15.7. The van der Waals surface area contributed by atoms with E-state index in [0.717, 1.165) is 35.5 Å². The van der Waals surface area contributed by atoms with Crippen LogP contribution in [0.25, 0.3) is 0 Å². The monoisotopic (exact) mass is 374 g/mol. The molecule has 3 aromatic rings. The Bertz CT molecular complexity index is 948. The van der Waals surface area contributed by atoms with Gasteiger partial charge in [0.1, 0.15) is 5.75 Å². The van der Waals surface area contributed by atoms with Crippen LogP contribution in [0.15, 0.2) is 72.9 Å². The van der Waals surface area contributed by atoms with Crippen molar-refractivity contribution in [3.63, 3.8) is 0 Å². The summed E-state index contributed by atoms with van der Waals surface area (Å²) in [5.74, 6) is 0.869. The van der Waals surface area contributed by atoms with Crippen LogP contribution in [0.4, 0.5) is 0 Å². The van der Waals surface area contributed by atoms with Crippen molar-refractivity contribution in [2.24, 2.45) is 0 Å². The lowest BCUT2D eigenvalue weighted by molar-refractivity contribution is -0.135. The van der Waals surface area contributed by atoms with Crippen LogP contribution in [0.1, 0.15) is 42.1 Å². The molecule has 2 atom stereocenters. The number of amides is 1. The number of rotatable bonds is 5. The summed E-state index contributed by atoms with van der Waals surface area (Å²) < 4.78 is 7.69. The van der Waals surface area contributed by atoms with E-state index < -0.39 is 0 Å². The van der Waals surface area contributed by atoms with Crippen LogP contribution >= 0.6 is 0 Å². The van der Waals surface area contributed by atoms with Crippen LogP contribution in [0.3, 0.4) is 0 Å². The van der Waals surface area contributed by atoms with Gasteiger partial charge in [-0.1, -0.05) is 49.4 Å². The molecule has 0 N–H and O–H groups in total. The first-order valence-electron chi connectivity index (χ1n) is 9.87. The standard InChI is InChI=1S/C24H26N2O2/c1-3-21(18-9-5-4-6-10-18)24(27)26-16-15-25-14-8-13-22(25)23(26)19-11-7-12-20(17-19)28-2/h4-14,17,21,23H,3,15-16H2,1-2H3. The van der Waals surface area contributed by atoms with Gasteiger partial charge in [-0.25, -0.2) is 0 Å². The lowest BCUT2D eigenvalue weighted by atomic mass is 9.92. The van der Waals surface area contributed by atoms with Crippen molar-refractivity contribution in [3.8, 4) is 5.75 Å². The average molecular weight is 374 g/mol. The van der Waals surface area contributed by atoms with Gasteiger partial charge in [0.25, 0.3) is 0 Å². The number of hydrogen-bond acceptors (Lipinski definition) is 2. The quantitative estimate of drug-likeness (QED) is 0.653. The predicted molar refractivity (Wildman–Crippen MR) is 110 cm³/mol. The summed E-state index contributed by atoms with van der Waals surface area (Å²) in [6, 6.07) is 22.2. The summed E-state index contributed by atoms with van der Waals surface area (Å²) in [5.41, 5.74) is 3.31. The van der Waals surface area contributed by atoms with Gasteiger partial charge in [-0.2, -0.15) is 0 Å². The third-order valence-electron chi connectivity index (χ3n) is 5.64. The van der Waals surface area contributed by atoms with E-state index in [1.807, 2.05) is 41.3 Å². The first-order valence-corrected chi connectivity index (χ1v) is 9.87. The number of ether oxygens (including phenoxy) is 1. The summed E-state index contributed by atoms with van der Waals surface area (Å²) in [7, 11) is 1.67. The molecule has 2 aromatic carbocycles.